The molecule has 18 aromatic carbocycles. The molecular weight excluding hydrogens is 1530 g/mol. The van der Waals surface area contributed by atoms with Crippen molar-refractivity contribution in [2.45, 2.75) is 19.3 Å². The van der Waals surface area contributed by atoms with Gasteiger partial charge < -0.3 is 13.7 Å². The van der Waals surface area contributed by atoms with Crippen LogP contribution in [-0.4, -0.2) is 47.8 Å². The molecule has 0 fully saturated rings. The molecule has 1 aliphatic rings. The van der Waals surface area contributed by atoms with Gasteiger partial charge in [0.1, 0.15) is 0 Å². The van der Waals surface area contributed by atoms with Gasteiger partial charge in [-0.25, -0.2) is 15.0 Å². The lowest BCUT2D eigenvalue weighted by atomic mass is 9.82. The highest BCUT2D eigenvalue weighted by Crippen LogP contribution is 2.52. The minimum absolute atomic E-state index is 0.162. The molecule has 26 rings (SSSR count). The molecule has 0 amide bonds. The van der Waals surface area contributed by atoms with Gasteiger partial charge in [0.05, 0.1) is 66.6 Å². The number of hydrogen-bond donors (Lipinski definition) is 0. The van der Waals surface area contributed by atoms with Gasteiger partial charge in [-0.2, -0.15) is 9.97 Å². The summed E-state index contributed by atoms with van der Waals surface area (Å²) in [5.41, 5.74) is 30.1. The Balaban J connectivity index is 0.000000137. The van der Waals surface area contributed by atoms with Crippen molar-refractivity contribution in [1.29, 1.82) is 0 Å². The van der Waals surface area contributed by atoms with Crippen LogP contribution in [0.2, 0.25) is 0 Å². The number of nitrogens with zero attached hydrogens (tertiary/aromatic N) is 10. The molecule has 0 radical (unpaired) electrons. The molecule has 0 aliphatic heterocycles. The maximum Gasteiger partial charge on any atom is 0.238 e. The molecule has 10 nitrogen and oxygen atoms in total. The molecule has 0 unspecified atom stereocenters. The summed E-state index contributed by atoms with van der Waals surface area (Å²) in [7, 11) is 0. The predicted octanol–water partition coefficient (Wildman–Crippen LogP) is 29.3. The number of benzene rings is 18. The zero-order valence-electron chi connectivity index (χ0n) is 68.9. The molecule has 590 valence electrons. The lowest BCUT2D eigenvalue weighted by Gasteiger charge is -2.21. The fraction of sp³-hybridized carbons (Fsp3) is 0.0259. The smallest absolute Gasteiger partial charge is 0.238 e. The minimum Gasteiger partial charge on any atom is -0.309 e. The van der Waals surface area contributed by atoms with Gasteiger partial charge in [-0.15, -0.1) is 0 Å². The third-order valence-corrected chi connectivity index (χ3v) is 26.0. The van der Waals surface area contributed by atoms with Crippen molar-refractivity contribution in [3.63, 3.8) is 0 Å². The molecular formula is C116H76N10. The van der Waals surface area contributed by atoms with Crippen LogP contribution in [0.5, 0.6) is 0 Å². The van der Waals surface area contributed by atoms with Crippen molar-refractivity contribution in [2.75, 3.05) is 0 Å². The van der Waals surface area contributed by atoms with Crippen LogP contribution < -0.4 is 0 Å². The minimum atomic E-state index is -0.162. The lowest BCUT2D eigenvalue weighted by molar-refractivity contribution is 0.661. The normalized spacial score (nSPS) is 12.4. The Morgan fingerprint density at radius 3 is 1.02 bits per heavy atom. The summed E-state index contributed by atoms with van der Waals surface area (Å²) in [5.74, 6) is 2.48. The van der Waals surface area contributed by atoms with E-state index >= 15 is 0 Å². The second-order valence-electron chi connectivity index (χ2n) is 33.5. The number of hydrogen-bond acceptors (Lipinski definition) is 5. The Morgan fingerprint density at radius 2 is 0.524 bits per heavy atom. The Bertz CT molecular complexity index is 8610. The van der Waals surface area contributed by atoms with Gasteiger partial charge in [-0.05, 0) is 189 Å². The third kappa shape index (κ3) is 11.6. The Morgan fingerprint density at radius 1 is 0.183 bits per heavy atom. The SMILES string of the molecule is CC1(C)c2ccccc2-c2cc3c(cc21)c1cc(-c2ccc4c(c2)c2ccccc2n4-c2ccc4ccccc4c2)ccc1n3-c1nc(-c2ccccc2)nc(-c2ccccc2)n1.c1ccc(-c2cc(-c3ccccc3)nc(-n3c4ccc(-c5ccc6c(c5)c5ccccc5n6-c5ccccc5)cc4c4cc5c(cc43)c3ccccc3n5-c3ccccc3)n2)cc1. The van der Waals surface area contributed by atoms with Crippen molar-refractivity contribution in [1.82, 2.24) is 47.8 Å². The van der Waals surface area contributed by atoms with E-state index in [4.69, 9.17) is 24.9 Å². The fourth-order valence-electron chi connectivity index (χ4n) is 20.0. The van der Waals surface area contributed by atoms with Crippen LogP contribution in [0.3, 0.4) is 0 Å². The maximum absolute atomic E-state index is 5.38. The zero-order valence-corrected chi connectivity index (χ0v) is 68.9. The van der Waals surface area contributed by atoms with E-state index < -0.39 is 0 Å². The number of fused-ring (bicyclic) bond motifs is 19. The standard InChI is InChI=1S/C58H39N5.C58H37N5/c1-58(2)49-23-13-11-21-43(49)45-35-54-48(34-50(45)58)47-33-41(27-30-53(47)63(54)57-60-55(37-16-5-3-6-17-37)59-56(61-57)38-18-7-4-8-19-38)40-26-29-52-46(32-40)44-22-12-14-24-51(44)62(52)42-28-25-36-15-9-10-20-39(36)31-42;1-5-17-38(18-6-1)50-37-51(39-19-7-2-8-20-39)60-58(59-50)63-55-32-30-41(40-29-31-54-46(33-40)44-25-13-15-27-52(44)61(54)42-21-9-3-10-22-42)34-47(55)49-36-56-48(35-57(49)63)45-26-14-16-28-53(45)62(56)43-23-11-4-12-24-43/h3-35H,1-2H3;1-37H. The van der Waals surface area contributed by atoms with Crippen molar-refractivity contribution in [3.05, 3.63) is 436 Å². The maximum atomic E-state index is 5.38. The van der Waals surface area contributed by atoms with Crippen molar-refractivity contribution < 1.29 is 0 Å². The average molecular weight is 1610 g/mol. The molecule has 0 saturated carbocycles. The topological polar surface area (TPSA) is 89.1 Å². The Labute approximate surface area is 725 Å². The molecule has 0 atom stereocenters. The van der Waals surface area contributed by atoms with Gasteiger partial charge in [0, 0.05) is 98.6 Å². The molecule has 0 bridgehead atoms. The molecule has 0 spiro atoms. The van der Waals surface area contributed by atoms with Crippen LogP contribution in [0.4, 0.5) is 0 Å². The van der Waals surface area contributed by atoms with E-state index in [2.05, 4.69) is 413 Å². The van der Waals surface area contributed by atoms with Gasteiger partial charge in [-0.3, -0.25) is 9.13 Å². The van der Waals surface area contributed by atoms with Gasteiger partial charge in [0.15, 0.2) is 11.6 Å². The molecule has 126 heavy (non-hydrogen) atoms. The van der Waals surface area contributed by atoms with E-state index in [0.29, 0.717) is 23.5 Å². The van der Waals surface area contributed by atoms with E-state index in [0.717, 1.165) is 111 Å². The molecule has 0 N–H and O–H groups in total. The van der Waals surface area contributed by atoms with E-state index in [1.165, 1.54) is 104 Å². The molecule has 7 heterocycles. The highest BCUT2D eigenvalue weighted by Gasteiger charge is 2.37. The van der Waals surface area contributed by atoms with Gasteiger partial charge >= 0.3 is 0 Å². The third-order valence-electron chi connectivity index (χ3n) is 26.0. The number of aromatic nitrogens is 10. The quantitative estimate of drug-likeness (QED) is 0.129. The molecule has 0 saturated heterocycles. The highest BCUT2D eigenvalue weighted by atomic mass is 15.2. The van der Waals surface area contributed by atoms with Crippen LogP contribution in [0.1, 0.15) is 25.0 Å². The first-order valence-corrected chi connectivity index (χ1v) is 43.0. The highest BCUT2D eigenvalue weighted by molar-refractivity contribution is 6.21. The van der Waals surface area contributed by atoms with Crippen LogP contribution in [0.15, 0.2) is 425 Å². The summed E-state index contributed by atoms with van der Waals surface area (Å²) >= 11 is 0. The summed E-state index contributed by atoms with van der Waals surface area (Å²) in [5, 5.41) is 14.3. The Kier molecular flexibility index (Phi) is 16.5. The summed E-state index contributed by atoms with van der Waals surface area (Å²) in [6.07, 6.45) is 0. The predicted molar refractivity (Wildman–Crippen MR) is 521 cm³/mol. The van der Waals surface area contributed by atoms with Crippen LogP contribution in [0, 0.1) is 0 Å². The van der Waals surface area contributed by atoms with E-state index in [9.17, 15) is 0 Å². The first-order valence-electron chi connectivity index (χ1n) is 43.0. The first kappa shape index (κ1) is 72.2. The zero-order chi connectivity index (χ0) is 83.2. The lowest BCUT2D eigenvalue weighted by Crippen LogP contribution is -2.14. The number of para-hydroxylation sites is 5. The summed E-state index contributed by atoms with van der Waals surface area (Å²) in [6.45, 7) is 4.70. The molecule has 25 aromatic rings. The molecule has 1 aliphatic carbocycles. The van der Waals surface area contributed by atoms with Crippen molar-refractivity contribution >= 4 is 120 Å². The summed E-state index contributed by atoms with van der Waals surface area (Å²) in [6, 6.07) is 152. The van der Waals surface area contributed by atoms with Crippen LogP contribution in [-0.2, 0) is 5.41 Å². The van der Waals surface area contributed by atoms with E-state index in [-0.39, 0.29) is 5.41 Å². The van der Waals surface area contributed by atoms with Crippen molar-refractivity contribution in [2.24, 2.45) is 0 Å². The fourth-order valence-corrected chi connectivity index (χ4v) is 20.0. The van der Waals surface area contributed by atoms with E-state index in [1.54, 1.807) is 0 Å². The first-order chi connectivity index (χ1) is 62.2. The van der Waals surface area contributed by atoms with Gasteiger partial charge in [0.25, 0.3) is 0 Å². The second kappa shape index (κ2) is 28.7. The molecule has 10 heteroatoms. The molecule has 7 aromatic heterocycles. The number of rotatable bonds is 11. The Hall–Kier alpha value is -16.7. The summed E-state index contributed by atoms with van der Waals surface area (Å²) < 4.78 is 11.7. The summed E-state index contributed by atoms with van der Waals surface area (Å²) in [4.78, 5) is 26.3. The average Bonchev–Trinajstić information content (AvgIpc) is 1.54. The van der Waals surface area contributed by atoms with Gasteiger partial charge in [0.2, 0.25) is 11.9 Å². The van der Waals surface area contributed by atoms with Crippen LogP contribution >= 0.6 is 0 Å². The van der Waals surface area contributed by atoms with E-state index in [1.807, 2.05) is 48.5 Å². The van der Waals surface area contributed by atoms with Crippen LogP contribution in [0.25, 0.3) is 227 Å². The monoisotopic (exact) mass is 1610 g/mol. The second-order valence-corrected chi connectivity index (χ2v) is 33.5. The van der Waals surface area contributed by atoms with Gasteiger partial charge in [-0.1, -0.05) is 305 Å². The largest absolute Gasteiger partial charge is 0.309 e. The van der Waals surface area contributed by atoms with Crippen molar-refractivity contribution in [3.8, 4) is 108 Å².